The van der Waals surface area contributed by atoms with Gasteiger partial charge < -0.3 is 9.73 Å². The monoisotopic (exact) mass is 243 g/mol. The fourth-order valence-electron chi connectivity index (χ4n) is 1.67. The minimum Gasteiger partial charge on any atom is -0.469 e. The van der Waals surface area contributed by atoms with Gasteiger partial charge in [-0.2, -0.15) is 0 Å². The first-order chi connectivity index (χ1) is 8.83. The lowest BCUT2D eigenvalue weighted by molar-refractivity contribution is -0.115. The molecule has 0 atom stereocenters. The van der Waals surface area contributed by atoms with Crippen LogP contribution in [-0.2, 0) is 11.2 Å². The van der Waals surface area contributed by atoms with E-state index in [1.54, 1.807) is 30.3 Å². The Kier molecular flexibility index (Phi) is 2.53. The van der Waals surface area contributed by atoms with E-state index in [1.165, 1.54) is 6.26 Å². The van der Waals surface area contributed by atoms with Crippen LogP contribution in [0, 0.1) is 0 Å². The van der Waals surface area contributed by atoms with Crippen LogP contribution in [0.4, 0.5) is 5.69 Å². The molecule has 0 fully saturated rings. The van der Waals surface area contributed by atoms with Gasteiger partial charge in [0.25, 0.3) is 0 Å². The Labute approximate surface area is 102 Å². The molecule has 0 aliphatic heterocycles. The summed E-state index contributed by atoms with van der Waals surface area (Å²) in [5.74, 6) is 0.429. The molecule has 1 aromatic carbocycles. The van der Waals surface area contributed by atoms with E-state index in [0.717, 1.165) is 0 Å². The molecule has 0 saturated heterocycles. The van der Waals surface area contributed by atoms with Crippen molar-refractivity contribution in [3.63, 3.8) is 0 Å². The van der Waals surface area contributed by atoms with Gasteiger partial charge in [-0.25, -0.2) is 4.63 Å². The average molecular weight is 243 g/mol. The molecule has 0 aliphatic carbocycles. The molecular formula is C12H9N3O3. The van der Waals surface area contributed by atoms with Crippen molar-refractivity contribution in [1.82, 2.24) is 10.3 Å². The van der Waals surface area contributed by atoms with Gasteiger partial charge in [-0.3, -0.25) is 4.79 Å². The van der Waals surface area contributed by atoms with Crippen LogP contribution in [0.2, 0.25) is 0 Å². The number of hydrogen-bond donors (Lipinski definition) is 1. The van der Waals surface area contributed by atoms with Gasteiger partial charge in [-0.15, -0.1) is 0 Å². The highest BCUT2D eigenvalue weighted by Gasteiger charge is 2.10. The summed E-state index contributed by atoms with van der Waals surface area (Å²) in [5, 5.41) is 10.2. The van der Waals surface area contributed by atoms with Crippen LogP contribution in [0.3, 0.4) is 0 Å². The number of anilines is 1. The summed E-state index contributed by atoms with van der Waals surface area (Å²) in [4.78, 5) is 11.8. The Morgan fingerprint density at radius 1 is 1.22 bits per heavy atom. The molecule has 1 N–H and O–H groups in total. The maximum Gasteiger partial charge on any atom is 0.232 e. The molecule has 0 saturated carbocycles. The summed E-state index contributed by atoms with van der Waals surface area (Å²) < 4.78 is 9.73. The number of benzene rings is 1. The molecule has 2 heterocycles. The molecule has 90 valence electrons. The summed E-state index contributed by atoms with van der Waals surface area (Å²) in [5.41, 5.74) is 1.71. The smallest absolute Gasteiger partial charge is 0.232 e. The highest BCUT2D eigenvalue weighted by molar-refractivity contribution is 5.99. The Hall–Kier alpha value is -2.63. The Balaban J connectivity index is 1.80. The van der Waals surface area contributed by atoms with Crippen LogP contribution in [-0.4, -0.2) is 16.2 Å². The third kappa shape index (κ3) is 1.95. The normalized spacial score (nSPS) is 10.7. The number of rotatable bonds is 3. The third-order valence-electron chi connectivity index (χ3n) is 2.47. The molecule has 0 spiro atoms. The van der Waals surface area contributed by atoms with Crippen molar-refractivity contribution in [2.45, 2.75) is 6.42 Å². The van der Waals surface area contributed by atoms with Gasteiger partial charge in [-0.05, 0) is 34.6 Å². The SMILES string of the molecule is O=C(Cc1ccco1)Nc1cccc2nonc12. The van der Waals surface area contributed by atoms with Gasteiger partial charge in [0.05, 0.1) is 18.4 Å². The number of carbonyl (C=O) groups is 1. The number of carbonyl (C=O) groups excluding carboxylic acids is 1. The minimum absolute atomic E-state index is 0.175. The number of nitrogens with zero attached hydrogens (tertiary/aromatic N) is 2. The fourth-order valence-corrected chi connectivity index (χ4v) is 1.67. The molecule has 1 amide bonds. The van der Waals surface area contributed by atoms with Crippen molar-refractivity contribution < 1.29 is 13.8 Å². The quantitative estimate of drug-likeness (QED) is 0.760. The topological polar surface area (TPSA) is 81.2 Å². The van der Waals surface area contributed by atoms with Crippen molar-refractivity contribution in [3.05, 3.63) is 42.4 Å². The van der Waals surface area contributed by atoms with Crippen molar-refractivity contribution in [1.29, 1.82) is 0 Å². The first kappa shape index (κ1) is 10.5. The van der Waals surface area contributed by atoms with Crippen LogP contribution >= 0.6 is 0 Å². The fraction of sp³-hybridized carbons (Fsp3) is 0.0833. The first-order valence-corrected chi connectivity index (χ1v) is 5.36. The van der Waals surface area contributed by atoms with Crippen LogP contribution in [0.25, 0.3) is 11.0 Å². The summed E-state index contributed by atoms with van der Waals surface area (Å²) in [6.45, 7) is 0. The van der Waals surface area contributed by atoms with Gasteiger partial charge in [0.1, 0.15) is 11.3 Å². The molecule has 3 aromatic rings. The lowest BCUT2D eigenvalue weighted by Crippen LogP contribution is -2.14. The van der Waals surface area contributed by atoms with Crippen LogP contribution in [0.15, 0.2) is 45.6 Å². The summed E-state index contributed by atoms with van der Waals surface area (Å²) >= 11 is 0. The van der Waals surface area contributed by atoms with E-state index in [1.807, 2.05) is 0 Å². The van der Waals surface area contributed by atoms with Crippen molar-refractivity contribution >= 4 is 22.6 Å². The molecule has 2 aromatic heterocycles. The van der Waals surface area contributed by atoms with Gasteiger partial charge >= 0.3 is 0 Å². The van der Waals surface area contributed by atoms with E-state index >= 15 is 0 Å². The van der Waals surface area contributed by atoms with Crippen LogP contribution in [0.5, 0.6) is 0 Å². The minimum atomic E-state index is -0.180. The number of amides is 1. The van der Waals surface area contributed by atoms with Gasteiger partial charge in [0, 0.05) is 0 Å². The first-order valence-electron chi connectivity index (χ1n) is 5.36. The van der Waals surface area contributed by atoms with E-state index < -0.39 is 0 Å². The molecule has 6 heteroatoms. The molecule has 0 bridgehead atoms. The average Bonchev–Trinajstić information content (AvgIpc) is 2.99. The zero-order valence-corrected chi connectivity index (χ0v) is 9.29. The van der Waals surface area contributed by atoms with Gasteiger partial charge in [-0.1, -0.05) is 6.07 Å². The number of nitrogens with one attached hydrogen (secondary N) is 1. The van der Waals surface area contributed by atoms with E-state index in [9.17, 15) is 4.79 Å². The van der Waals surface area contributed by atoms with Crippen molar-refractivity contribution in [3.8, 4) is 0 Å². The maximum atomic E-state index is 11.8. The summed E-state index contributed by atoms with van der Waals surface area (Å²) in [6, 6.07) is 8.76. The maximum absolute atomic E-state index is 11.8. The second-order valence-electron chi connectivity index (χ2n) is 3.74. The molecule has 3 rings (SSSR count). The predicted octanol–water partition coefficient (Wildman–Crippen LogP) is 2.00. The molecule has 0 unspecified atom stereocenters. The predicted molar refractivity (Wildman–Crippen MR) is 62.8 cm³/mol. The highest BCUT2D eigenvalue weighted by Crippen LogP contribution is 2.19. The Morgan fingerprint density at radius 2 is 2.17 bits per heavy atom. The van der Waals surface area contributed by atoms with Crippen molar-refractivity contribution in [2.75, 3.05) is 5.32 Å². The van der Waals surface area contributed by atoms with E-state index in [2.05, 4.69) is 20.3 Å². The lowest BCUT2D eigenvalue weighted by Gasteiger charge is -2.03. The lowest BCUT2D eigenvalue weighted by atomic mass is 10.2. The number of hydrogen-bond acceptors (Lipinski definition) is 5. The summed E-state index contributed by atoms with van der Waals surface area (Å²) in [6.07, 6.45) is 1.71. The van der Waals surface area contributed by atoms with E-state index in [0.29, 0.717) is 22.5 Å². The number of fused-ring (bicyclic) bond motifs is 1. The Morgan fingerprint density at radius 3 is 3.00 bits per heavy atom. The van der Waals surface area contributed by atoms with E-state index in [4.69, 9.17) is 4.42 Å². The molecule has 18 heavy (non-hydrogen) atoms. The van der Waals surface area contributed by atoms with Crippen LogP contribution in [0.1, 0.15) is 5.76 Å². The Bertz CT molecular complexity index is 673. The zero-order chi connectivity index (χ0) is 12.4. The van der Waals surface area contributed by atoms with Crippen LogP contribution < -0.4 is 5.32 Å². The molecule has 6 nitrogen and oxygen atoms in total. The second kappa shape index (κ2) is 4.33. The van der Waals surface area contributed by atoms with E-state index in [-0.39, 0.29) is 12.3 Å². The molecule has 0 radical (unpaired) electrons. The second-order valence-corrected chi connectivity index (χ2v) is 3.74. The standard InChI is InChI=1S/C12H9N3O3/c16-11(7-8-3-2-6-17-8)13-9-4-1-5-10-12(9)15-18-14-10/h1-6H,7H2,(H,13,16). The zero-order valence-electron chi connectivity index (χ0n) is 9.29. The third-order valence-corrected chi connectivity index (χ3v) is 2.47. The number of furan rings is 1. The van der Waals surface area contributed by atoms with Gasteiger partial charge in [0.2, 0.25) is 5.91 Å². The molecule has 0 aliphatic rings. The molecular weight excluding hydrogens is 234 g/mol. The highest BCUT2D eigenvalue weighted by atomic mass is 16.6. The number of aromatic nitrogens is 2. The van der Waals surface area contributed by atoms with Gasteiger partial charge in [0.15, 0.2) is 5.52 Å². The van der Waals surface area contributed by atoms with Crippen molar-refractivity contribution in [2.24, 2.45) is 0 Å². The summed E-state index contributed by atoms with van der Waals surface area (Å²) in [7, 11) is 0. The largest absolute Gasteiger partial charge is 0.469 e.